The van der Waals surface area contributed by atoms with E-state index < -0.39 is 10.0 Å². The molecule has 10 nitrogen and oxygen atoms in total. The van der Waals surface area contributed by atoms with Crippen molar-refractivity contribution in [2.45, 2.75) is 24.0 Å². The lowest BCUT2D eigenvalue weighted by Gasteiger charge is -2.34. The molecule has 1 amide bonds. The third kappa shape index (κ3) is 4.33. The fourth-order valence-corrected chi connectivity index (χ4v) is 6.11. The van der Waals surface area contributed by atoms with Crippen LogP contribution in [0.15, 0.2) is 22.7 Å². The molecule has 0 atom stereocenters. The summed E-state index contributed by atoms with van der Waals surface area (Å²) in [6.07, 6.45) is 5.38. The first-order valence-corrected chi connectivity index (χ1v) is 11.8. The van der Waals surface area contributed by atoms with Gasteiger partial charge in [0.15, 0.2) is 9.34 Å². The second-order valence-corrected chi connectivity index (χ2v) is 10.2. The van der Waals surface area contributed by atoms with E-state index >= 15 is 0 Å². The van der Waals surface area contributed by atoms with E-state index in [1.54, 1.807) is 6.20 Å². The van der Waals surface area contributed by atoms with Crippen molar-refractivity contribution in [3.05, 3.63) is 18.5 Å². The number of piperazine rings is 1. The van der Waals surface area contributed by atoms with Gasteiger partial charge in [0.2, 0.25) is 11.9 Å². The summed E-state index contributed by atoms with van der Waals surface area (Å²) in [7, 11) is -3.63. The Morgan fingerprint density at radius 1 is 1.07 bits per heavy atom. The quantitative estimate of drug-likeness (QED) is 0.737. The molecule has 1 N–H and O–H groups in total. The van der Waals surface area contributed by atoms with Gasteiger partial charge in [0, 0.05) is 52.4 Å². The SMILES string of the molecule is CC(=O)Nc1ncc(S(=O)(=O)N2CCN(c3ccnc(N4CCCC4)n3)CC2)s1. The monoisotopic (exact) mass is 437 g/mol. The standard InChI is InChI=1S/C17H23N7O3S2/c1-13(25)20-17-19-12-15(28-17)29(26,27)24-10-8-22(9-11-24)14-4-5-18-16(21-14)23-6-2-3-7-23/h4-5,12H,2-3,6-11H2,1H3,(H,19,20,25). The molecule has 29 heavy (non-hydrogen) atoms. The lowest BCUT2D eigenvalue weighted by Crippen LogP contribution is -2.48. The molecular formula is C17H23N7O3S2. The van der Waals surface area contributed by atoms with Crippen LogP contribution in [0.2, 0.25) is 0 Å². The minimum Gasteiger partial charge on any atom is -0.354 e. The van der Waals surface area contributed by atoms with Gasteiger partial charge in [0.25, 0.3) is 10.0 Å². The van der Waals surface area contributed by atoms with Crippen LogP contribution in [0, 0.1) is 0 Å². The van der Waals surface area contributed by atoms with E-state index in [0.29, 0.717) is 26.2 Å². The van der Waals surface area contributed by atoms with E-state index in [1.165, 1.54) is 17.4 Å². The average molecular weight is 438 g/mol. The molecule has 0 radical (unpaired) electrons. The highest BCUT2D eigenvalue weighted by Gasteiger charge is 2.31. The van der Waals surface area contributed by atoms with Gasteiger partial charge in [0.1, 0.15) is 5.82 Å². The van der Waals surface area contributed by atoms with Gasteiger partial charge < -0.3 is 15.1 Å². The van der Waals surface area contributed by atoms with Crippen LogP contribution in [0.25, 0.3) is 0 Å². The lowest BCUT2D eigenvalue weighted by atomic mass is 10.3. The van der Waals surface area contributed by atoms with Gasteiger partial charge in [0.05, 0.1) is 6.20 Å². The summed E-state index contributed by atoms with van der Waals surface area (Å²) in [5.41, 5.74) is 0. The van der Waals surface area contributed by atoms with Crippen LogP contribution in [0.4, 0.5) is 16.9 Å². The molecule has 0 aromatic carbocycles. The van der Waals surface area contributed by atoms with Crippen LogP contribution in [-0.4, -0.2) is 72.9 Å². The van der Waals surface area contributed by atoms with Crippen LogP contribution < -0.4 is 15.1 Å². The molecular weight excluding hydrogens is 414 g/mol. The number of hydrogen-bond acceptors (Lipinski definition) is 9. The summed E-state index contributed by atoms with van der Waals surface area (Å²) >= 11 is 0.963. The predicted octanol–water partition coefficient (Wildman–Crippen LogP) is 1.00. The summed E-state index contributed by atoms with van der Waals surface area (Å²) in [5.74, 6) is 1.28. The number of hydrogen-bond donors (Lipinski definition) is 1. The van der Waals surface area contributed by atoms with E-state index in [0.717, 1.165) is 49.0 Å². The molecule has 0 spiro atoms. The Bertz CT molecular complexity index is 980. The Hall–Kier alpha value is -2.31. The van der Waals surface area contributed by atoms with Crippen molar-refractivity contribution in [2.24, 2.45) is 0 Å². The lowest BCUT2D eigenvalue weighted by molar-refractivity contribution is -0.114. The molecule has 0 bridgehead atoms. The van der Waals surface area contributed by atoms with E-state index in [4.69, 9.17) is 0 Å². The normalized spacial score (nSPS) is 18.2. The molecule has 2 saturated heterocycles. The topological polar surface area (TPSA) is 112 Å². The molecule has 2 fully saturated rings. The number of rotatable bonds is 5. The summed E-state index contributed by atoms with van der Waals surface area (Å²) in [4.78, 5) is 28.4. The van der Waals surface area contributed by atoms with Gasteiger partial charge in [-0.15, -0.1) is 0 Å². The number of amides is 1. The van der Waals surface area contributed by atoms with Gasteiger partial charge >= 0.3 is 0 Å². The highest BCUT2D eigenvalue weighted by Crippen LogP contribution is 2.27. The Morgan fingerprint density at radius 2 is 1.79 bits per heavy atom. The van der Waals surface area contributed by atoms with E-state index in [-0.39, 0.29) is 15.2 Å². The molecule has 4 rings (SSSR count). The van der Waals surface area contributed by atoms with Crippen molar-refractivity contribution >= 4 is 44.2 Å². The zero-order valence-electron chi connectivity index (χ0n) is 16.1. The summed E-state index contributed by atoms with van der Waals surface area (Å²) in [6.45, 7) is 5.13. The van der Waals surface area contributed by atoms with Crippen molar-refractivity contribution < 1.29 is 13.2 Å². The maximum atomic E-state index is 12.9. The Labute approximate surface area is 173 Å². The number of sulfonamides is 1. The molecule has 2 aliphatic rings. The van der Waals surface area contributed by atoms with E-state index in [9.17, 15) is 13.2 Å². The maximum absolute atomic E-state index is 12.9. The smallest absolute Gasteiger partial charge is 0.254 e. The van der Waals surface area contributed by atoms with Crippen LogP contribution in [0.5, 0.6) is 0 Å². The molecule has 2 aromatic heterocycles. The number of nitrogens with zero attached hydrogens (tertiary/aromatic N) is 6. The zero-order chi connectivity index (χ0) is 20.4. The third-order valence-electron chi connectivity index (χ3n) is 4.94. The average Bonchev–Trinajstić information content (AvgIpc) is 3.40. The molecule has 0 saturated carbocycles. The summed E-state index contributed by atoms with van der Waals surface area (Å²) in [6, 6.07) is 1.87. The molecule has 12 heteroatoms. The number of thiazole rings is 1. The zero-order valence-corrected chi connectivity index (χ0v) is 17.7. The van der Waals surface area contributed by atoms with E-state index in [2.05, 4.69) is 30.1 Å². The van der Waals surface area contributed by atoms with Crippen LogP contribution in [-0.2, 0) is 14.8 Å². The minimum atomic E-state index is -3.63. The van der Waals surface area contributed by atoms with Crippen LogP contribution >= 0.6 is 11.3 Å². The highest BCUT2D eigenvalue weighted by atomic mass is 32.2. The van der Waals surface area contributed by atoms with Crippen molar-refractivity contribution in [1.82, 2.24) is 19.3 Å². The second kappa shape index (κ2) is 8.20. The maximum Gasteiger partial charge on any atom is 0.254 e. The first-order valence-electron chi connectivity index (χ1n) is 9.50. The first kappa shape index (κ1) is 20.0. The van der Waals surface area contributed by atoms with Crippen LogP contribution in [0.3, 0.4) is 0 Å². The van der Waals surface area contributed by atoms with Gasteiger partial charge in [-0.25, -0.2) is 18.4 Å². The summed E-state index contributed by atoms with van der Waals surface area (Å²) < 4.78 is 27.4. The van der Waals surface area contributed by atoms with Gasteiger partial charge in [-0.2, -0.15) is 9.29 Å². The number of carbonyl (C=O) groups is 1. The number of carbonyl (C=O) groups excluding carboxylic acids is 1. The summed E-state index contributed by atoms with van der Waals surface area (Å²) in [5, 5.41) is 2.80. The van der Waals surface area contributed by atoms with Gasteiger partial charge in [-0.1, -0.05) is 11.3 Å². The second-order valence-electron chi connectivity index (χ2n) is 6.97. The van der Waals surface area contributed by atoms with Gasteiger partial charge in [-0.3, -0.25) is 4.79 Å². The van der Waals surface area contributed by atoms with Crippen molar-refractivity contribution in [3.8, 4) is 0 Å². The van der Waals surface area contributed by atoms with Crippen molar-refractivity contribution in [3.63, 3.8) is 0 Å². The molecule has 4 heterocycles. The first-order chi connectivity index (χ1) is 13.9. The third-order valence-corrected chi connectivity index (χ3v) is 8.19. The Balaban J connectivity index is 1.42. The molecule has 0 unspecified atom stereocenters. The highest BCUT2D eigenvalue weighted by molar-refractivity contribution is 7.91. The van der Waals surface area contributed by atoms with Gasteiger partial charge in [-0.05, 0) is 18.9 Å². The predicted molar refractivity (Wildman–Crippen MR) is 111 cm³/mol. The fourth-order valence-electron chi connectivity index (χ4n) is 3.46. The molecule has 156 valence electrons. The minimum absolute atomic E-state index is 0.132. The number of anilines is 3. The van der Waals surface area contributed by atoms with E-state index in [1.807, 2.05) is 6.07 Å². The number of aromatic nitrogens is 3. The van der Waals surface area contributed by atoms with Crippen LogP contribution in [0.1, 0.15) is 19.8 Å². The number of nitrogens with one attached hydrogen (secondary N) is 1. The fraction of sp³-hybridized carbons (Fsp3) is 0.529. The Kier molecular flexibility index (Phi) is 5.65. The largest absolute Gasteiger partial charge is 0.354 e. The Morgan fingerprint density at radius 3 is 2.48 bits per heavy atom. The molecule has 2 aliphatic heterocycles. The van der Waals surface area contributed by atoms with Crippen molar-refractivity contribution in [1.29, 1.82) is 0 Å². The molecule has 0 aliphatic carbocycles. The van der Waals surface area contributed by atoms with Crippen molar-refractivity contribution in [2.75, 3.05) is 54.4 Å². The molecule has 2 aromatic rings.